The van der Waals surface area contributed by atoms with E-state index in [0.29, 0.717) is 0 Å². The summed E-state index contributed by atoms with van der Waals surface area (Å²) in [5.74, 6) is -0.0423. The van der Waals surface area contributed by atoms with E-state index in [9.17, 15) is 23.6 Å². The second-order valence-electron chi connectivity index (χ2n) is 5.57. The van der Waals surface area contributed by atoms with Crippen LogP contribution in [0.5, 0.6) is 0 Å². The molecule has 0 fully saturated rings. The molecule has 1 aromatic rings. The van der Waals surface area contributed by atoms with Crippen molar-refractivity contribution in [3.63, 3.8) is 0 Å². The summed E-state index contributed by atoms with van der Waals surface area (Å²) in [4.78, 5) is 10.3. The molecule has 0 amide bonds. The molecule has 0 aromatic heterocycles. The number of nitro groups is 1. The molecule has 0 aliphatic heterocycles. The monoisotopic (exact) mass is 316 g/mol. The maximum Gasteiger partial charge on any atom is 0.293 e. The van der Waals surface area contributed by atoms with Crippen molar-refractivity contribution >= 4 is 21.2 Å². The Hall–Kier alpha value is -1.67. The number of aliphatic hydroxyl groups is 1. The number of sulfone groups is 1. The highest BCUT2D eigenvalue weighted by Gasteiger charge is 2.26. The largest absolute Gasteiger partial charge is 0.388 e. The van der Waals surface area contributed by atoms with E-state index in [4.69, 9.17) is 0 Å². The molecule has 0 heterocycles. The average Bonchev–Trinajstić information content (AvgIpc) is 2.34. The number of nitrogens with zero attached hydrogens (tertiary/aromatic N) is 1. The van der Waals surface area contributed by atoms with Crippen molar-refractivity contribution < 1.29 is 18.4 Å². The minimum atomic E-state index is -3.51. The van der Waals surface area contributed by atoms with E-state index >= 15 is 0 Å². The number of nitro benzene ring substituents is 1. The zero-order valence-corrected chi connectivity index (χ0v) is 13.3. The lowest BCUT2D eigenvalue weighted by molar-refractivity contribution is -0.384. The minimum Gasteiger partial charge on any atom is -0.388 e. The van der Waals surface area contributed by atoms with Gasteiger partial charge in [-0.1, -0.05) is 13.8 Å². The van der Waals surface area contributed by atoms with E-state index in [1.165, 1.54) is 12.1 Å². The van der Waals surface area contributed by atoms with Crippen LogP contribution in [0, 0.1) is 16.0 Å². The fraction of sp³-hybridized carbons (Fsp3) is 0.538. The van der Waals surface area contributed by atoms with Crippen LogP contribution >= 0.6 is 0 Å². The van der Waals surface area contributed by atoms with Crippen LogP contribution in [0.25, 0.3) is 0 Å². The molecule has 21 heavy (non-hydrogen) atoms. The third-order valence-corrected chi connectivity index (χ3v) is 4.58. The summed E-state index contributed by atoms with van der Waals surface area (Å²) in [5.41, 5.74) is -1.20. The predicted molar refractivity (Wildman–Crippen MR) is 80.2 cm³/mol. The van der Waals surface area contributed by atoms with Gasteiger partial charge in [0.05, 0.1) is 15.4 Å². The first kappa shape index (κ1) is 17.4. The Morgan fingerprint density at radius 1 is 1.43 bits per heavy atom. The molecule has 0 bridgehead atoms. The second kappa shape index (κ2) is 5.98. The van der Waals surface area contributed by atoms with Crippen LogP contribution in [0.15, 0.2) is 23.1 Å². The molecule has 1 atom stereocenters. The number of hydrogen-bond acceptors (Lipinski definition) is 6. The van der Waals surface area contributed by atoms with Crippen molar-refractivity contribution in [3.8, 4) is 0 Å². The van der Waals surface area contributed by atoms with E-state index < -0.39 is 20.4 Å². The topological polar surface area (TPSA) is 110 Å². The van der Waals surface area contributed by atoms with Gasteiger partial charge in [0.15, 0.2) is 9.84 Å². The SMILES string of the molecule is CC(C)C(C)(O)CNc1ccc(S(C)(=O)=O)cc1[N+](=O)[O-]. The molecule has 0 saturated heterocycles. The smallest absolute Gasteiger partial charge is 0.293 e. The van der Waals surface area contributed by atoms with Crippen LogP contribution < -0.4 is 5.32 Å². The average molecular weight is 316 g/mol. The molecule has 0 aliphatic rings. The van der Waals surface area contributed by atoms with Crippen molar-refractivity contribution in [2.75, 3.05) is 18.1 Å². The third kappa shape index (κ3) is 4.40. The van der Waals surface area contributed by atoms with Crippen LogP contribution in [-0.4, -0.2) is 36.8 Å². The summed E-state index contributed by atoms with van der Waals surface area (Å²) in [6.07, 6.45) is 0.989. The molecule has 1 unspecified atom stereocenters. The van der Waals surface area contributed by atoms with Crippen LogP contribution in [0.3, 0.4) is 0 Å². The quantitative estimate of drug-likeness (QED) is 0.612. The number of anilines is 1. The summed E-state index contributed by atoms with van der Waals surface area (Å²) in [7, 11) is -3.51. The van der Waals surface area contributed by atoms with Crippen molar-refractivity contribution in [1.29, 1.82) is 0 Å². The van der Waals surface area contributed by atoms with Crippen molar-refractivity contribution in [1.82, 2.24) is 0 Å². The standard InChI is InChI=1S/C13H20N2O5S/c1-9(2)13(3,16)8-14-11-6-5-10(21(4,19)20)7-12(11)15(17)18/h5-7,9,14,16H,8H2,1-4H3. The van der Waals surface area contributed by atoms with Gasteiger partial charge in [0.1, 0.15) is 5.69 Å². The van der Waals surface area contributed by atoms with Crippen molar-refractivity contribution in [2.24, 2.45) is 5.92 Å². The van der Waals surface area contributed by atoms with Gasteiger partial charge in [-0.2, -0.15) is 0 Å². The first-order valence-electron chi connectivity index (χ1n) is 6.40. The van der Waals surface area contributed by atoms with Crippen LogP contribution in [0.2, 0.25) is 0 Å². The lowest BCUT2D eigenvalue weighted by Gasteiger charge is -2.28. The molecule has 7 nitrogen and oxygen atoms in total. The Morgan fingerprint density at radius 3 is 2.43 bits per heavy atom. The van der Waals surface area contributed by atoms with Gasteiger partial charge in [0.2, 0.25) is 0 Å². The highest BCUT2D eigenvalue weighted by atomic mass is 32.2. The zero-order chi connectivity index (χ0) is 16.4. The molecule has 0 aliphatic carbocycles. The molecular formula is C13H20N2O5S. The Bertz CT molecular complexity index is 638. The van der Waals surface area contributed by atoms with Gasteiger partial charge < -0.3 is 10.4 Å². The number of benzene rings is 1. The number of nitrogens with one attached hydrogen (secondary N) is 1. The van der Waals surface area contributed by atoms with E-state index in [2.05, 4.69) is 5.32 Å². The van der Waals surface area contributed by atoms with E-state index in [1.54, 1.807) is 6.92 Å². The Labute approximate surface area is 124 Å². The van der Waals surface area contributed by atoms with Gasteiger partial charge >= 0.3 is 0 Å². The Kier molecular flexibility index (Phi) is 4.95. The van der Waals surface area contributed by atoms with E-state index in [-0.39, 0.29) is 28.7 Å². The summed E-state index contributed by atoms with van der Waals surface area (Å²) >= 11 is 0. The molecule has 0 saturated carbocycles. The highest BCUT2D eigenvalue weighted by Crippen LogP contribution is 2.28. The third-order valence-electron chi connectivity index (χ3n) is 3.47. The molecule has 2 N–H and O–H groups in total. The lowest BCUT2D eigenvalue weighted by Crippen LogP contribution is -2.38. The number of hydrogen-bond donors (Lipinski definition) is 2. The summed E-state index contributed by atoms with van der Waals surface area (Å²) in [5, 5.41) is 24.0. The van der Waals surface area contributed by atoms with Crippen LogP contribution in [0.4, 0.5) is 11.4 Å². The summed E-state index contributed by atoms with van der Waals surface area (Å²) < 4.78 is 22.9. The van der Waals surface area contributed by atoms with E-state index in [1.807, 2.05) is 13.8 Å². The van der Waals surface area contributed by atoms with Gasteiger partial charge in [-0.05, 0) is 25.0 Å². The second-order valence-corrected chi connectivity index (χ2v) is 7.59. The summed E-state index contributed by atoms with van der Waals surface area (Å²) in [6, 6.07) is 3.65. The molecule has 118 valence electrons. The maximum absolute atomic E-state index is 11.4. The van der Waals surface area contributed by atoms with Gasteiger partial charge in [-0.15, -0.1) is 0 Å². The fourth-order valence-electron chi connectivity index (χ4n) is 1.52. The van der Waals surface area contributed by atoms with Crippen molar-refractivity contribution in [3.05, 3.63) is 28.3 Å². The molecule has 0 radical (unpaired) electrons. The molecule has 1 aromatic carbocycles. The fourth-order valence-corrected chi connectivity index (χ4v) is 2.16. The molecule has 0 spiro atoms. The van der Waals surface area contributed by atoms with Crippen LogP contribution in [-0.2, 0) is 9.84 Å². The van der Waals surface area contributed by atoms with Gasteiger partial charge in [0, 0.05) is 18.9 Å². The normalized spacial score (nSPS) is 14.8. The molecule has 1 rings (SSSR count). The van der Waals surface area contributed by atoms with E-state index in [0.717, 1.165) is 12.3 Å². The Morgan fingerprint density at radius 2 is 2.00 bits per heavy atom. The van der Waals surface area contributed by atoms with Gasteiger partial charge in [-0.3, -0.25) is 10.1 Å². The molecular weight excluding hydrogens is 296 g/mol. The maximum atomic E-state index is 11.4. The lowest BCUT2D eigenvalue weighted by atomic mass is 9.92. The zero-order valence-electron chi connectivity index (χ0n) is 12.5. The first-order valence-corrected chi connectivity index (χ1v) is 8.29. The number of rotatable bonds is 6. The Balaban J connectivity index is 3.12. The predicted octanol–water partition coefficient (Wildman–Crippen LogP) is 1.82. The van der Waals surface area contributed by atoms with Gasteiger partial charge in [-0.25, -0.2) is 8.42 Å². The first-order chi connectivity index (χ1) is 9.45. The van der Waals surface area contributed by atoms with Gasteiger partial charge in [0.25, 0.3) is 5.69 Å². The van der Waals surface area contributed by atoms with Crippen molar-refractivity contribution in [2.45, 2.75) is 31.3 Å². The highest BCUT2D eigenvalue weighted by molar-refractivity contribution is 7.90. The van der Waals surface area contributed by atoms with Crippen LogP contribution in [0.1, 0.15) is 20.8 Å². The summed E-state index contributed by atoms with van der Waals surface area (Å²) in [6.45, 7) is 5.41. The molecule has 8 heteroatoms. The minimum absolute atomic E-state index is 0.0423.